The molecule has 0 spiro atoms. The van der Waals surface area contributed by atoms with E-state index in [1.807, 2.05) is 0 Å². The van der Waals surface area contributed by atoms with Gasteiger partial charge in [-0.2, -0.15) is 5.10 Å². The van der Waals surface area contributed by atoms with Gasteiger partial charge in [0.15, 0.2) is 11.9 Å². The molecule has 0 bridgehead atoms. The second-order valence-electron chi connectivity index (χ2n) is 7.23. The lowest BCUT2D eigenvalue weighted by Crippen LogP contribution is -2.59. The van der Waals surface area contributed by atoms with E-state index in [1.54, 1.807) is 19.2 Å². The molecule has 1 aromatic carbocycles. The maximum Gasteiger partial charge on any atom is 0.353 e. The first-order valence-corrected chi connectivity index (χ1v) is 10.3. The number of nitro benzene ring substituents is 1. The SMILES string of the molecule is CC(=O)OC(c1ncn(C)n1)C1C(=O)N2C(C(=O)O)=C(Cc3ccc([N+](=O)[O-])cc3)SC12. The van der Waals surface area contributed by atoms with Crippen LogP contribution in [0.1, 0.15) is 24.4 Å². The quantitative estimate of drug-likeness (QED) is 0.278. The molecular weight excluding hydrogens is 442 g/mol. The van der Waals surface area contributed by atoms with E-state index in [0.29, 0.717) is 10.5 Å². The topological polar surface area (TPSA) is 158 Å². The zero-order valence-electron chi connectivity index (χ0n) is 16.9. The van der Waals surface area contributed by atoms with Crippen LogP contribution in [0.25, 0.3) is 0 Å². The number of hydrogen-bond acceptors (Lipinski definition) is 9. The number of benzene rings is 1. The number of carboxylic acid groups (broad SMARTS) is 1. The third-order valence-corrected chi connectivity index (χ3v) is 6.43. The number of allylic oxidation sites excluding steroid dienone is 1. The van der Waals surface area contributed by atoms with Gasteiger partial charge in [0.2, 0.25) is 5.91 Å². The largest absolute Gasteiger partial charge is 0.477 e. The lowest BCUT2D eigenvalue weighted by Gasteiger charge is -2.44. The standard InChI is InChI=1S/C19H17N5O7S/c1-9(25)31-15(16-20-8-22(2)21-16)13-17(26)23-14(19(27)28)12(32-18(13)23)7-10-3-5-11(6-4-10)24(29)30/h3-6,8,13,15,18H,7H2,1-2H3,(H,27,28). The average Bonchev–Trinajstić information content (AvgIpc) is 3.29. The molecule has 1 amide bonds. The molecule has 4 rings (SSSR count). The van der Waals surface area contributed by atoms with Crippen LogP contribution in [-0.4, -0.2) is 52.9 Å². The number of thioether (sulfide) groups is 1. The summed E-state index contributed by atoms with van der Waals surface area (Å²) in [6, 6.07) is 5.75. The van der Waals surface area contributed by atoms with E-state index in [-0.39, 0.29) is 23.6 Å². The van der Waals surface area contributed by atoms with Crippen molar-refractivity contribution in [1.82, 2.24) is 19.7 Å². The van der Waals surface area contributed by atoms with Crippen LogP contribution in [0.3, 0.4) is 0 Å². The second kappa shape index (κ2) is 8.07. The van der Waals surface area contributed by atoms with Crippen molar-refractivity contribution in [3.63, 3.8) is 0 Å². The Bertz CT molecular complexity index is 1160. The number of nitro groups is 1. The fourth-order valence-corrected chi connectivity index (χ4v) is 5.24. The first kappa shape index (κ1) is 21.5. The van der Waals surface area contributed by atoms with Gasteiger partial charge in [-0.3, -0.25) is 29.3 Å². The smallest absolute Gasteiger partial charge is 0.353 e. The van der Waals surface area contributed by atoms with Gasteiger partial charge in [-0.15, -0.1) is 11.8 Å². The highest BCUT2D eigenvalue weighted by atomic mass is 32.2. The highest BCUT2D eigenvalue weighted by Gasteiger charge is 2.60. The predicted molar refractivity (Wildman–Crippen MR) is 109 cm³/mol. The molecule has 2 aliphatic heterocycles. The molecule has 166 valence electrons. The number of fused-ring (bicyclic) bond motifs is 1. The Morgan fingerprint density at radius 1 is 1.34 bits per heavy atom. The number of aromatic nitrogens is 3. The predicted octanol–water partition coefficient (Wildman–Crippen LogP) is 1.40. The van der Waals surface area contributed by atoms with E-state index >= 15 is 0 Å². The second-order valence-corrected chi connectivity index (χ2v) is 8.44. The molecule has 32 heavy (non-hydrogen) atoms. The Morgan fingerprint density at radius 2 is 2.03 bits per heavy atom. The fraction of sp³-hybridized carbons (Fsp3) is 0.316. The van der Waals surface area contributed by atoms with Crippen LogP contribution in [0.2, 0.25) is 0 Å². The van der Waals surface area contributed by atoms with E-state index in [0.717, 1.165) is 0 Å². The van der Waals surface area contributed by atoms with Crippen LogP contribution in [0, 0.1) is 16.0 Å². The maximum absolute atomic E-state index is 13.0. The molecule has 3 unspecified atom stereocenters. The van der Waals surface area contributed by atoms with Crippen LogP contribution >= 0.6 is 11.8 Å². The number of nitrogens with zero attached hydrogens (tertiary/aromatic N) is 5. The lowest BCUT2D eigenvalue weighted by molar-refractivity contribution is -0.384. The van der Waals surface area contributed by atoms with Crippen molar-refractivity contribution < 1.29 is 29.2 Å². The first-order chi connectivity index (χ1) is 15.2. The number of rotatable bonds is 7. The van der Waals surface area contributed by atoms with E-state index in [4.69, 9.17) is 4.74 Å². The minimum Gasteiger partial charge on any atom is -0.477 e. The van der Waals surface area contributed by atoms with Crippen LogP contribution in [0.15, 0.2) is 41.2 Å². The Balaban J connectivity index is 1.61. The number of carbonyl (C=O) groups excluding carboxylic acids is 2. The van der Waals surface area contributed by atoms with E-state index in [1.165, 1.54) is 46.7 Å². The molecule has 3 heterocycles. The molecular formula is C19H17N5O7S. The van der Waals surface area contributed by atoms with Crippen molar-refractivity contribution in [2.24, 2.45) is 13.0 Å². The van der Waals surface area contributed by atoms with Crippen molar-refractivity contribution in [2.45, 2.75) is 24.8 Å². The van der Waals surface area contributed by atoms with Crippen molar-refractivity contribution in [3.05, 3.63) is 62.7 Å². The Morgan fingerprint density at radius 3 is 2.56 bits per heavy atom. The summed E-state index contributed by atoms with van der Waals surface area (Å²) < 4.78 is 6.76. The number of esters is 1. The molecule has 0 saturated carbocycles. The summed E-state index contributed by atoms with van der Waals surface area (Å²) >= 11 is 1.19. The molecule has 1 N–H and O–H groups in total. The monoisotopic (exact) mass is 459 g/mol. The van der Waals surface area contributed by atoms with Crippen LogP contribution < -0.4 is 0 Å². The van der Waals surface area contributed by atoms with Gasteiger partial charge in [0, 0.05) is 37.4 Å². The number of aryl methyl sites for hydroxylation is 1. The van der Waals surface area contributed by atoms with Crippen molar-refractivity contribution >= 4 is 35.3 Å². The summed E-state index contributed by atoms with van der Waals surface area (Å²) in [5.74, 6) is -3.08. The van der Waals surface area contributed by atoms with Gasteiger partial charge in [0.05, 0.1) is 4.92 Å². The number of carbonyl (C=O) groups is 3. The number of β-lactam (4-membered cyclic amide) rings is 1. The van der Waals surface area contributed by atoms with E-state index in [9.17, 15) is 29.6 Å². The minimum absolute atomic E-state index is 0.0774. The molecule has 0 radical (unpaired) electrons. The molecule has 12 nitrogen and oxygen atoms in total. The van der Waals surface area contributed by atoms with Gasteiger partial charge in [-0.1, -0.05) is 12.1 Å². The van der Waals surface area contributed by atoms with Crippen LogP contribution in [-0.2, 0) is 32.6 Å². The van der Waals surface area contributed by atoms with E-state index < -0.39 is 40.2 Å². The summed E-state index contributed by atoms with van der Waals surface area (Å²) in [6.45, 7) is 1.21. The average molecular weight is 459 g/mol. The third-order valence-electron chi connectivity index (χ3n) is 5.06. The van der Waals surface area contributed by atoms with Crippen molar-refractivity contribution in [2.75, 3.05) is 0 Å². The molecule has 1 aromatic heterocycles. The highest BCUT2D eigenvalue weighted by Crippen LogP contribution is 2.54. The van der Waals surface area contributed by atoms with Crippen molar-refractivity contribution in [1.29, 1.82) is 0 Å². The number of ether oxygens (including phenoxy) is 1. The Labute approximate surface area is 185 Å². The molecule has 0 aliphatic carbocycles. The summed E-state index contributed by atoms with van der Waals surface area (Å²) in [6.07, 6.45) is 0.538. The zero-order chi connectivity index (χ0) is 23.2. The van der Waals surface area contributed by atoms with Gasteiger partial charge < -0.3 is 9.84 Å². The number of amides is 1. The molecule has 1 saturated heterocycles. The van der Waals surface area contributed by atoms with Gasteiger partial charge in [-0.05, 0) is 5.56 Å². The normalized spacial score (nSPS) is 20.6. The van der Waals surface area contributed by atoms with Gasteiger partial charge in [0.1, 0.15) is 23.3 Å². The number of hydrogen-bond donors (Lipinski definition) is 1. The first-order valence-electron chi connectivity index (χ1n) is 9.39. The van der Waals surface area contributed by atoms with Crippen molar-refractivity contribution in [3.8, 4) is 0 Å². The fourth-order valence-electron chi connectivity index (χ4n) is 3.69. The van der Waals surface area contributed by atoms with E-state index in [2.05, 4.69) is 10.1 Å². The number of non-ortho nitro benzene ring substituents is 1. The zero-order valence-corrected chi connectivity index (χ0v) is 17.7. The maximum atomic E-state index is 13.0. The summed E-state index contributed by atoms with van der Waals surface area (Å²) in [5.41, 5.74) is 0.438. The minimum atomic E-state index is -1.26. The number of aliphatic carboxylic acids is 1. The Hall–Kier alpha value is -3.74. The molecule has 2 aliphatic rings. The molecule has 1 fully saturated rings. The van der Waals surface area contributed by atoms with Gasteiger partial charge in [0.25, 0.3) is 5.69 Å². The highest BCUT2D eigenvalue weighted by molar-refractivity contribution is 8.04. The lowest BCUT2D eigenvalue weighted by atomic mass is 9.90. The van der Waals surface area contributed by atoms with Gasteiger partial charge in [-0.25, -0.2) is 9.78 Å². The Kier molecular flexibility index (Phi) is 5.42. The third kappa shape index (κ3) is 3.70. The summed E-state index contributed by atoms with van der Waals surface area (Å²) in [7, 11) is 1.63. The molecule has 13 heteroatoms. The van der Waals surface area contributed by atoms with Crippen LogP contribution in [0.4, 0.5) is 5.69 Å². The van der Waals surface area contributed by atoms with Crippen LogP contribution in [0.5, 0.6) is 0 Å². The molecule has 2 aromatic rings. The number of carboxylic acids is 1. The summed E-state index contributed by atoms with van der Waals surface area (Å²) in [4.78, 5) is 52.6. The summed E-state index contributed by atoms with van der Waals surface area (Å²) in [5, 5.41) is 24.1. The molecule has 3 atom stereocenters. The van der Waals surface area contributed by atoms with Gasteiger partial charge >= 0.3 is 11.9 Å².